The summed E-state index contributed by atoms with van der Waals surface area (Å²) in [5.74, 6) is -0.182. The van der Waals surface area contributed by atoms with Crippen molar-refractivity contribution in [2.24, 2.45) is 4.99 Å². The van der Waals surface area contributed by atoms with E-state index in [-0.39, 0.29) is 5.91 Å². The zero-order valence-electron chi connectivity index (χ0n) is 11.5. The first-order valence-corrected chi connectivity index (χ1v) is 8.88. The van der Waals surface area contributed by atoms with Crippen LogP contribution in [-0.2, 0) is 4.79 Å². The van der Waals surface area contributed by atoms with E-state index in [1.165, 1.54) is 11.8 Å². The van der Waals surface area contributed by atoms with Crippen molar-refractivity contribution >= 4 is 73.7 Å². The van der Waals surface area contributed by atoms with Gasteiger partial charge in [0.1, 0.15) is 0 Å². The van der Waals surface area contributed by atoms with Crippen LogP contribution in [-0.4, -0.2) is 11.1 Å². The lowest BCUT2D eigenvalue weighted by Gasteiger charge is -2.00. The van der Waals surface area contributed by atoms with Gasteiger partial charge in [0, 0.05) is 9.50 Å². The van der Waals surface area contributed by atoms with Crippen LogP contribution >= 0.6 is 50.9 Å². The number of rotatable bonds is 2. The van der Waals surface area contributed by atoms with E-state index in [1.807, 2.05) is 30.3 Å². The molecule has 0 bridgehead atoms. The second kappa shape index (κ2) is 7.09. The van der Waals surface area contributed by atoms with E-state index < -0.39 is 0 Å². The molecule has 0 aliphatic carbocycles. The summed E-state index contributed by atoms with van der Waals surface area (Å²) in [5.41, 5.74) is 1.49. The highest BCUT2D eigenvalue weighted by Crippen LogP contribution is 2.32. The predicted octanol–water partition coefficient (Wildman–Crippen LogP) is 5.65. The number of carbonyl (C=O) groups is 1. The maximum atomic E-state index is 12.1. The molecule has 0 radical (unpaired) electrons. The van der Waals surface area contributed by atoms with E-state index in [4.69, 9.17) is 23.2 Å². The van der Waals surface area contributed by atoms with Gasteiger partial charge in [-0.15, -0.1) is 0 Å². The number of amides is 1. The lowest BCUT2D eigenvalue weighted by atomic mass is 10.2. The maximum absolute atomic E-state index is 12.1. The molecule has 0 spiro atoms. The van der Waals surface area contributed by atoms with Gasteiger partial charge in [0.05, 0.1) is 15.6 Å². The van der Waals surface area contributed by atoms with Crippen molar-refractivity contribution in [1.29, 1.82) is 0 Å². The zero-order chi connectivity index (χ0) is 16.4. The zero-order valence-corrected chi connectivity index (χ0v) is 15.4. The average Bonchev–Trinajstić information content (AvgIpc) is 2.82. The fraction of sp³-hybridized carbons (Fsp3) is 0. The molecule has 0 unspecified atom stereocenters. The van der Waals surface area contributed by atoms with E-state index in [0.717, 1.165) is 10.0 Å². The number of carbonyl (C=O) groups excluding carboxylic acids is 1. The second-order valence-corrected chi connectivity index (χ2v) is 7.42. The molecule has 3 nitrogen and oxygen atoms in total. The van der Waals surface area contributed by atoms with Crippen LogP contribution in [0.5, 0.6) is 0 Å². The van der Waals surface area contributed by atoms with Crippen molar-refractivity contribution in [3.05, 3.63) is 67.5 Å². The van der Waals surface area contributed by atoms with Gasteiger partial charge in [0.2, 0.25) is 0 Å². The summed E-state index contributed by atoms with van der Waals surface area (Å²) in [6.45, 7) is 0. The summed E-state index contributed by atoms with van der Waals surface area (Å²) in [5, 5.41) is 4.19. The summed E-state index contributed by atoms with van der Waals surface area (Å²) < 4.78 is 0.956. The first-order chi connectivity index (χ1) is 11.0. The average molecular weight is 428 g/mol. The fourth-order valence-corrected chi connectivity index (χ4v) is 3.61. The molecule has 1 aliphatic heterocycles. The number of nitrogens with zero attached hydrogens (tertiary/aromatic N) is 1. The summed E-state index contributed by atoms with van der Waals surface area (Å²) in [7, 11) is 0. The minimum absolute atomic E-state index is 0.182. The Labute approximate surface area is 155 Å². The monoisotopic (exact) mass is 426 g/mol. The highest BCUT2D eigenvalue weighted by molar-refractivity contribution is 9.10. The number of halogens is 3. The van der Waals surface area contributed by atoms with Gasteiger partial charge >= 0.3 is 0 Å². The summed E-state index contributed by atoms with van der Waals surface area (Å²) in [4.78, 5) is 17.0. The molecule has 3 rings (SSSR count). The third kappa shape index (κ3) is 4.18. The van der Waals surface area contributed by atoms with Gasteiger partial charge in [-0.1, -0.05) is 51.3 Å². The Bertz CT molecular complexity index is 852. The molecule has 1 heterocycles. The van der Waals surface area contributed by atoms with Crippen molar-refractivity contribution in [2.75, 3.05) is 0 Å². The van der Waals surface area contributed by atoms with E-state index in [1.54, 1.807) is 18.2 Å². The summed E-state index contributed by atoms with van der Waals surface area (Å²) in [6, 6.07) is 12.7. The van der Waals surface area contributed by atoms with Crippen LogP contribution in [0.1, 0.15) is 5.56 Å². The minimum Gasteiger partial charge on any atom is -0.300 e. The molecule has 7 heteroatoms. The largest absolute Gasteiger partial charge is 0.300 e. The third-order valence-electron chi connectivity index (χ3n) is 2.93. The number of hydrogen-bond acceptors (Lipinski definition) is 3. The molecule has 2 aromatic rings. The van der Waals surface area contributed by atoms with Crippen LogP contribution in [0.3, 0.4) is 0 Å². The van der Waals surface area contributed by atoms with E-state index >= 15 is 0 Å². The van der Waals surface area contributed by atoms with Crippen molar-refractivity contribution in [3.63, 3.8) is 0 Å². The molecule has 0 atom stereocenters. The number of aliphatic imine (C=N–C) groups is 1. The predicted molar refractivity (Wildman–Crippen MR) is 101 cm³/mol. The molecule has 0 aromatic heterocycles. The van der Waals surface area contributed by atoms with Crippen LogP contribution in [0, 0.1) is 0 Å². The lowest BCUT2D eigenvalue weighted by Crippen LogP contribution is -2.19. The molecule has 23 heavy (non-hydrogen) atoms. The molecular weight excluding hydrogens is 419 g/mol. The van der Waals surface area contributed by atoms with Gasteiger partial charge in [-0.05, 0) is 53.7 Å². The third-order valence-corrected chi connectivity index (χ3v) is 4.87. The topological polar surface area (TPSA) is 41.5 Å². The number of amidine groups is 1. The molecule has 1 aliphatic rings. The molecule has 0 saturated carbocycles. The number of benzene rings is 2. The van der Waals surface area contributed by atoms with E-state index in [9.17, 15) is 4.79 Å². The standard InChI is InChI=1S/C16H9BrCl2N2OS/c17-10-3-1-2-9(6-10)7-14-15(22)21-16(23-14)20-13-5-4-11(18)8-12(13)19/h1-8H,(H,20,21,22). The van der Waals surface area contributed by atoms with Gasteiger partial charge < -0.3 is 5.32 Å². The van der Waals surface area contributed by atoms with E-state index in [0.29, 0.717) is 25.8 Å². The molecule has 2 aromatic carbocycles. The molecule has 116 valence electrons. The molecule has 1 N–H and O–H groups in total. The van der Waals surface area contributed by atoms with Crippen molar-refractivity contribution in [3.8, 4) is 0 Å². The number of thioether (sulfide) groups is 1. The highest BCUT2D eigenvalue weighted by atomic mass is 79.9. The van der Waals surface area contributed by atoms with Crippen molar-refractivity contribution < 1.29 is 4.79 Å². The first kappa shape index (κ1) is 16.6. The Hall–Kier alpha value is -1.27. The molecule has 1 fully saturated rings. The van der Waals surface area contributed by atoms with Gasteiger partial charge in [-0.25, -0.2) is 4.99 Å². The lowest BCUT2D eigenvalue weighted by molar-refractivity contribution is -0.115. The van der Waals surface area contributed by atoms with Gasteiger partial charge in [0.25, 0.3) is 5.91 Å². The number of hydrogen-bond donors (Lipinski definition) is 1. The van der Waals surface area contributed by atoms with Crippen LogP contribution < -0.4 is 5.32 Å². The van der Waals surface area contributed by atoms with Crippen LogP contribution in [0.4, 0.5) is 5.69 Å². The molecule has 1 amide bonds. The van der Waals surface area contributed by atoms with Crippen molar-refractivity contribution in [1.82, 2.24) is 5.32 Å². The fourth-order valence-electron chi connectivity index (χ4n) is 1.91. The summed E-state index contributed by atoms with van der Waals surface area (Å²) in [6.07, 6.45) is 1.82. The Morgan fingerprint density at radius 3 is 2.74 bits per heavy atom. The van der Waals surface area contributed by atoms with Gasteiger partial charge in [-0.2, -0.15) is 0 Å². The minimum atomic E-state index is -0.182. The smallest absolute Gasteiger partial charge is 0.264 e. The highest BCUT2D eigenvalue weighted by Gasteiger charge is 2.24. The number of nitrogens with one attached hydrogen (secondary N) is 1. The molecular formula is C16H9BrCl2N2OS. The maximum Gasteiger partial charge on any atom is 0.264 e. The SMILES string of the molecule is O=C1NC(=Nc2ccc(Cl)cc2Cl)SC1=Cc1cccc(Br)c1. The Kier molecular flexibility index (Phi) is 5.11. The van der Waals surface area contributed by atoms with Gasteiger partial charge in [-0.3, -0.25) is 4.79 Å². The Morgan fingerprint density at radius 1 is 1.17 bits per heavy atom. The van der Waals surface area contributed by atoms with Crippen LogP contribution in [0.25, 0.3) is 6.08 Å². The quantitative estimate of drug-likeness (QED) is 0.629. The van der Waals surface area contributed by atoms with Crippen molar-refractivity contribution in [2.45, 2.75) is 0 Å². The molecule has 1 saturated heterocycles. The summed E-state index contributed by atoms with van der Waals surface area (Å²) >= 11 is 16.6. The van der Waals surface area contributed by atoms with E-state index in [2.05, 4.69) is 26.2 Å². The first-order valence-electron chi connectivity index (χ1n) is 6.51. The normalized spacial score (nSPS) is 17.8. The second-order valence-electron chi connectivity index (χ2n) is 4.63. The van der Waals surface area contributed by atoms with Gasteiger partial charge in [0.15, 0.2) is 5.17 Å². The van der Waals surface area contributed by atoms with Crippen LogP contribution in [0.15, 0.2) is 56.8 Å². The Balaban J connectivity index is 1.86. The van der Waals surface area contributed by atoms with Crippen LogP contribution in [0.2, 0.25) is 10.0 Å². The Morgan fingerprint density at radius 2 is 2.00 bits per heavy atom.